The van der Waals surface area contributed by atoms with Crippen LogP contribution in [0.2, 0.25) is 0 Å². The molecule has 0 fully saturated rings. The van der Waals surface area contributed by atoms with E-state index in [9.17, 15) is 18.4 Å². The first-order valence-electron chi connectivity index (χ1n) is 13.2. The molecule has 0 saturated carbocycles. The highest BCUT2D eigenvalue weighted by atomic mass is 32.1. The van der Waals surface area contributed by atoms with E-state index in [1.165, 1.54) is 36.2 Å². The number of carbonyl (C=O) groups excluding carboxylic acids is 1. The van der Waals surface area contributed by atoms with Crippen molar-refractivity contribution in [1.82, 2.24) is 4.57 Å². The molecule has 8 nitrogen and oxygen atoms in total. The number of ether oxygens (including phenoxy) is 3. The third-order valence-electron chi connectivity index (χ3n) is 7.03. The number of esters is 1. The molecule has 0 bridgehead atoms. The zero-order valence-electron chi connectivity index (χ0n) is 24.2. The number of fused-ring (bicyclic) bond motifs is 1. The van der Waals surface area contributed by atoms with Gasteiger partial charge in [0.25, 0.3) is 5.56 Å². The topological polar surface area (TPSA) is 82.4 Å². The van der Waals surface area contributed by atoms with Gasteiger partial charge in [-0.3, -0.25) is 9.36 Å². The summed E-state index contributed by atoms with van der Waals surface area (Å²) >= 11 is 1.20. The fourth-order valence-corrected chi connectivity index (χ4v) is 5.91. The number of hydrogen-bond donors (Lipinski definition) is 0. The Hall–Kier alpha value is -4.77. The van der Waals surface area contributed by atoms with Crippen LogP contribution >= 0.6 is 11.3 Å². The number of allylic oxidation sites excluding steroid dienone is 1. The predicted octanol–water partition coefficient (Wildman–Crippen LogP) is 4.34. The smallest absolute Gasteiger partial charge is 0.338 e. The maximum atomic E-state index is 14.1. The quantitative estimate of drug-likeness (QED) is 0.278. The van der Waals surface area contributed by atoms with Gasteiger partial charge in [0.15, 0.2) is 16.4 Å². The number of thiazole rings is 1. The molecule has 2 heterocycles. The Morgan fingerprint density at radius 3 is 2.42 bits per heavy atom. The van der Waals surface area contributed by atoms with Crippen LogP contribution in [-0.4, -0.2) is 38.9 Å². The van der Waals surface area contributed by atoms with Crippen LogP contribution in [0.3, 0.4) is 0 Å². The summed E-state index contributed by atoms with van der Waals surface area (Å²) in [5.41, 5.74) is 3.41. The molecule has 222 valence electrons. The fourth-order valence-electron chi connectivity index (χ4n) is 4.86. The van der Waals surface area contributed by atoms with Gasteiger partial charge in [-0.25, -0.2) is 18.6 Å². The van der Waals surface area contributed by atoms with E-state index in [2.05, 4.69) is 4.99 Å². The second kappa shape index (κ2) is 12.2. The van der Waals surface area contributed by atoms with E-state index >= 15 is 0 Å². The Bertz CT molecular complexity index is 1910. The SMILES string of the molecule is COC(=O)C1=C(C)N=c2s/c(=C\c3ccc(OC)c(COc4ccc(F)cc4F)c3)c(=O)n2[C@H]1c1ccc(N(C)C)cc1. The molecule has 4 aromatic rings. The predicted molar refractivity (Wildman–Crippen MR) is 160 cm³/mol. The second-order valence-corrected chi connectivity index (χ2v) is 11.0. The first-order valence-corrected chi connectivity index (χ1v) is 14.1. The van der Waals surface area contributed by atoms with Crippen LogP contribution in [0.4, 0.5) is 14.5 Å². The second-order valence-electron chi connectivity index (χ2n) is 9.99. The van der Waals surface area contributed by atoms with E-state index in [4.69, 9.17) is 14.2 Å². The Kier molecular flexibility index (Phi) is 8.45. The van der Waals surface area contributed by atoms with Gasteiger partial charge in [-0.15, -0.1) is 0 Å². The van der Waals surface area contributed by atoms with E-state index in [0.29, 0.717) is 31.9 Å². The number of rotatable bonds is 8. The molecule has 0 aliphatic carbocycles. The number of halogens is 2. The number of hydrogen-bond acceptors (Lipinski definition) is 8. The summed E-state index contributed by atoms with van der Waals surface area (Å²) in [5.74, 6) is -1.68. The molecule has 0 saturated heterocycles. The third kappa shape index (κ3) is 5.94. The molecular weight excluding hydrogens is 576 g/mol. The number of benzene rings is 3. The minimum atomic E-state index is -0.816. The van der Waals surface area contributed by atoms with Crippen molar-refractivity contribution in [2.24, 2.45) is 4.99 Å². The Labute approximate surface area is 250 Å². The molecule has 0 radical (unpaired) electrons. The molecule has 0 unspecified atom stereocenters. The first kappa shape index (κ1) is 29.7. The molecule has 1 aliphatic heterocycles. The largest absolute Gasteiger partial charge is 0.496 e. The monoisotopic (exact) mass is 605 g/mol. The zero-order chi connectivity index (χ0) is 30.8. The highest BCUT2D eigenvalue weighted by molar-refractivity contribution is 7.07. The van der Waals surface area contributed by atoms with Crippen molar-refractivity contribution in [3.05, 3.63) is 120 Å². The average molecular weight is 606 g/mol. The maximum Gasteiger partial charge on any atom is 0.338 e. The van der Waals surface area contributed by atoms with E-state index < -0.39 is 23.6 Å². The van der Waals surface area contributed by atoms with Crippen molar-refractivity contribution >= 4 is 29.1 Å². The third-order valence-corrected chi connectivity index (χ3v) is 8.01. The minimum absolute atomic E-state index is 0.0563. The number of aromatic nitrogens is 1. The lowest BCUT2D eigenvalue weighted by atomic mass is 9.95. The standard InChI is InChI=1S/C32H29F2N3O5S/c1-18-28(31(39)41-5)29(20-7-10-23(11-8-20)36(2)3)37-30(38)27(43-32(37)35-18)15-19-6-12-25(40-4)21(14-19)17-42-26-13-9-22(33)16-24(26)34/h6-16,29H,17H2,1-5H3/b27-15-/t29-/m0/s1. The molecule has 3 aromatic carbocycles. The van der Waals surface area contributed by atoms with Crippen molar-refractivity contribution in [3.63, 3.8) is 0 Å². The van der Waals surface area contributed by atoms with Crippen molar-refractivity contribution in [2.45, 2.75) is 19.6 Å². The summed E-state index contributed by atoms with van der Waals surface area (Å²) in [5, 5.41) is 0. The maximum absolute atomic E-state index is 14.1. The van der Waals surface area contributed by atoms with Crippen molar-refractivity contribution in [3.8, 4) is 11.5 Å². The molecule has 0 spiro atoms. The number of nitrogens with zero attached hydrogens (tertiary/aromatic N) is 3. The Morgan fingerprint density at radius 1 is 1.05 bits per heavy atom. The Balaban J connectivity index is 1.57. The lowest BCUT2D eigenvalue weighted by Crippen LogP contribution is -2.39. The average Bonchev–Trinajstić information content (AvgIpc) is 3.29. The van der Waals surface area contributed by atoms with Gasteiger partial charge in [0, 0.05) is 31.4 Å². The van der Waals surface area contributed by atoms with Gasteiger partial charge in [-0.05, 0) is 60.5 Å². The summed E-state index contributed by atoms with van der Waals surface area (Å²) < 4.78 is 45.4. The molecule has 0 N–H and O–H groups in total. The summed E-state index contributed by atoms with van der Waals surface area (Å²) in [6.07, 6.45) is 1.72. The molecule has 43 heavy (non-hydrogen) atoms. The molecule has 11 heteroatoms. The summed E-state index contributed by atoms with van der Waals surface area (Å²) in [6, 6.07) is 15.2. The van der Waals surface area contributed by atoms with E-state index in [1.807, 2.05) is 43.3 Å². The highest BCUT2D eigenvalue weighted by Crippen LogP contribution is 2.31. The van der Waals surface area contributed by atoms with Crippen LogP contribution in [-0.2, 0) is 16.1 Å². The lowest BCUT2D eigenvalue weighted by Gasteiger charge is -2.25. The van der Waals surface area contributed by atoms with Crippen molar-refractivity contribution < 1.29 is 27.8 Å². The van der Waals surface area contributed by atoms with Crippen LogP contribution in [0.25, 0.3) is 6.08 Å². The number of carbonyl (C=O) groups is 1. The highest BCUT2D eigenvalue weighted by Gasteiger charge is 2.33. The van der Waals surface area contributed by atoms with Crippen molar-refractivity contribution in [2.75, 3.05) is 33.2 Å². The van der Waals surface area contributed by atoms with E-state index in [0.717, 1.165) is 23.4 Å². The number of anilines is 1. The summed E-state index contributed by atoms with van der Waals surface area (Å²) in [6.45, 7) is 1.67. The van der Waals surface area contributed by atoms with Gasteiger partial charge in [0.05, 0.1) is 36.1 Å². The van der Waals surface area contributed by atoms with Crippen LogP contribution in [0.15, 0.2) is 81.7 Å². The molecule has 1 aromatic heterocycles. The van der Waals surface area contributed by atoms with E-state index in [1.54, 1.807) is 31.2 Å². The van der Waals surface area contributed by atoms with Crippen LogP contribution < -0.4 is 29.3 Å². The number of methoxy groups -OCH3 is 2. The van der Waals surface area contributed by atoms with Crippen LogP contribution in [0.5, 0.6) is 11.5 Å². The van der Waals surface area contributed by atoms with Gasteiger partial charge in [-0.2, -0.15) is 0 Å². The van der Waals surface area contributed by atoms with Gasteiger partial charge in [0.1, 0.15) is 18.2 Å². The van der Waals surface area contributed by atoms with Gasteiger partial charge in [-0.1, -0.05) is 29.5 Å². The van der Waals surface area contributed by atoms with E-state index in [-0.39, 0.29) is 23.5 Å². The first-order chi connectivity index (χ1) is 20.6. The van der Waals surface area contributed by atoms with Crippen LogP contribution in [0, 0.1) is 11.6 Å². The summed E-state index contributed by atoms with van der Waals surface area (Å²) in [4.78, 5) is 33.8. The molecule has 0 amide bonds. The lowest BCUT2D eigenvalue weighted by molar-refractivity contribution is -0.136. The minimum Gasteiger partial charge on any atom is -0.496 e. The van der Waals surface area contributed by atoms with Gasteiger partial charge < -0.3 is 19.1 Å². The van der Waals surface area contributed by atoms with Gasteiger partial charge >= 0.3 is 5.97 Å². The fraction of sp³-hybridized carbons (Fsp3) is 0.219. The van der Waals surface area contributed by atoms with Gasteiger partial charge in [0.2, 0.25) is 0 Å². The van der Waals surface area contributed by atoms with Crippen molar-refractivity contribution in [1.29, 1.82) is 0 Å². The molecule has 1 atom stereocenters. The normalized spacial score (nSPS) is 14.7. The summed E-state index contributed by atoms with van der Waals surface area (Å²) in [7, 11) is 6.66. The van der Waals surface area contributed by atoms with Crippen LogP contribution in [0.1, 0.15) is 29.7 Å². The molecular formula is C32H29F2N3O5S. The Morgan fingerprint density at radius 2 is 1.77 bits per heavy atom. The molecule has 5 rings (SSSR count). The zero-order valence-corrected chi connectivity index (χ0v) is 25.0. The molecule has 1 aliphatic rings.